The number of benzene rings is 1. The van der Waals surface area contributed by atoms with Gasteiger partial charge in [0.1, 0.15) is 0 Å². The molecule has 1 aromatic rings. The molecule has 1 N–H and O–H groups in total. The van der Waals surface area contributed by atoms with Gasteiger partial charge in [-0.1, -0.05) is 17.7 Å². The summed E-state index contributed by atoms with van der Waals surface area (Å²) in [5, 5.41) is 3.27. The second-order valence-electron chi connectivity index (χ2n) is 6.63. The third-order valence-electron chi connectivity index (χ3n) is 5.03. The zero-order chi connectivity index (χ0) is 16.4. The van der Waals surface area contributed by atoms with Crippen molar-refractivity contribution in [1.82, 2.24) is 10.2 Å². The third kappa shape index (κ3) is 3.39. The fourth-order valence-electron chi connectivity index (χ4n) is 3.49. The lowest BCUT2D eigenvalue weighted by Gasteiger charge is -2.33. The summed E-state index contributed by atoms with van der Waals surface area (Å²) in [7, 11) is 1.97. The first-order valence-corrected chi connectivity index (χ1v) is 8.41. The highest BCUT2D eigenvalue weighted by Gasteiger charge is 2.37. The number of aryl methyl sites for hydroxylation is 1. The lowest BCUT2D eigenvalue weighted by atomic mass is 10.0. The SMILES string of the molecule is CNC1CCN(C(=O)C2CC(=O)N(c3ccc(C)cc3)C2)CC1. The average Bonchev–Trinajstić information content (AvgIpc) is 2.97. The monoisotopic (exact) mass is 315 g/mol. The molecule has 2 aliphatic rings. The molecule has 0 aliphatic carbocycles. The number of likely N-dealkylation sites (tertiary alicyclic amines) is 1. The molecule has 5 nitrogen and oxygen atoms in total. The topological polar surface area (TPSA) is 52.7 Å². The van der Waals surface area contributed by atoms with E-state index in [0.717, 1.165) is 31.6 Å². The van der Waals surface area contributed by atoms with Gasteiger partial charge in [0.25, 0.3) is 0 Å². The Hall–Kier alpha value is -1.88. The maximum atomic E-state index is 12.7. The summed E-state index contributed by atoms with van der Waals surface area (Å²) in [5.41, 5.74) is 2.06. The summed E-state index contributed by atoms with van der Waals surface area (Å²) in [6.45, 7) is 4.11. The number of carbonyl (C=O) groups is 2. The van der Waals surface area contributed by atoms with Gasteiger partial charge < -0.3 is 15.1 Å². The van der Waals surface area contributed by atoms with Crippen LogP contribution in [0.25, 0.3) is 0 Å². The van der Waals surface area contributed by atoms with E-state index < -0.39 is 0 Å². The molecule has 2 heterocycles. The largest absolute Gasteiger partial charge is 0.342 e. The van der Waals surface area contributed by atoms with Gasteiger partial charge in [0.05, 0.1) is 5.92 Å². The highest BCUT2D eigenvalue weighted by atomic mass is 16.2. The predicted molar refractivity (Wildman–Crippen MR) is 90.3 cm³/mol. The van der Waals surface area contributed by atoms with Crippen molar-refractivity contribution in [3.8, 4) is 0 Å². The van der Waals surface area contributed by atoms with E-state index in [-0.39, 0.29) is 17.7 Å². The van der Waals surface area contributed by atoms with Crippen molar-refractivity contribution in [2.45, 2.75) is 32.2 Å². The Bertz CT molecular complexity index is 576. The first kappa shape index (κ1) is 16.0. The molecule has 0 bridgehead atoms. The number of hydrogen-bond donors (Lipinski definition) is 1. The van der Waals surface area contributed by atoms with Crippen LogP contribution in [0.15, 0.2) is 24.3 Å². The maximum Gasteiger partial charge on any atom is 0.228 e. The molecule has 0 saturated carbocycles. The van der Waals surface area contributed by atoms with Crippen molar-refractivity contribution in [2.75, 3.05) is 31.6 Å². The van der Waals surface area contributed by atoms with Crippen LogP contribution >= 0.6 is 0 Å². The minimum atomic E-state index is -0.199. The predicted octanol–water partition coefficient (Wildman–Crippen LogP) is 1.56. The summed E-state index contributed by atoms with van der Waals surface area (Å²) in [5.74, 6) is -0.00484. The van der Waals surface area contributed by atoms with E-state index in [1.807, 2.05) is 43.1 Å². The molecule has 0 aromatic heterocycles. The van der Waals surface area contributed by atoms with Crippen LogP contribution in [-0.2, 0) is 9.59 Å². The minimum absolute atomic E-state index is 0.0531. The van der Waals surface area contributed by atoms with Crippen LogP contribution in [0, 0.1) is 12.8 Å². The molecular formula is C18H25N3O2. The molecule has 2 amide bonds. The van der Waals surface area contributed by atoms with E-state index in [4.69, 9.17) is 0 Å². The summed E-state index contributed by atoms with van der Waals surface area (Å²) in [4.78, 5) is 28.7. The van der Waals surface area contributed by atoms with Gasteiger partial charge in [0.2, 0.25) is 11.8 Å². The number of anilines is 1. The Kier molecular flexibility index (Phi) is 4.66. The molecule has 2 aliphatic heterocycles. The van der Waals surface area contributed by atoms with Gasteiger partial charge in [0.15, 0.2) is 0 Å². The molecule has 1 aromatic carbocycles. The van der Waals surface area contributed by atoms with Crippen molar-refractivity contribution < 1.29 is 9.59 Å². The van der Waals surface area contributed by atoms with Gasteiger partial charge in [-0.05, 0) is 38.9 Å². The second kappa shape index (κ2) is 6.71. The lowest BCUT2D eigenvalue weighted by molar-refractivity contribution is -0.136. The van der Waals surface area contributed by atoms with E-state index in [0.29, 0.717) is 19.0 Å². The summed E-state index contributed by atoms with van der Waals surface area (Å²) < 4.78 is 0. The zero-order valence-electron chi connectivity index (χ0n) is 13.9. The van der Waals surface area contributed by atoms with Crippen LogP contribution in [0.1, 0.15) is 24.8 Å². The Labute approximate surface area is 137 Å². The normalized spacial score (nSPS) is 22.7. The maximum absolute atomic E-state index is 12.7. The number of amides is 2. The quantitative estimate of drug-likeness (QED) is 0.921. The van der Waals surface area contributed by atoms with E-state index in [1.165, 1.54) is 5.56 Å². The van der Waals surface area contributed by atoms with Crippen molar-refractivity contribution in [3.05, 3.63) is 29.8 Å². The highest BCUT2D eigenvalue weighted by molar-refractivity contribution is 6.00. The number of piperidine rings is 1. The van der Waals surface area contributed by atoms with Crippen LogP contribution in [0.4, 0.5) is 5.69 Å². The molecule has 23 heavy (non-hydrogen) atoms. The molecule has 124 valence electrons. The lowest BCUT2D eigenvalue weighted by Crippen LogP contribution is -2.46. The molecule has 1 atom stereocenters. The van der Waals surface area contributed by atoms with E-state index in [9.17, 15) is 9.59 Å². The highest BCUT2D eigenvalue weighted by Crippen LogP contribution is 2.27. The molecule has 0 spiro atoms. The van der Waals surface area contributed by atoms with Gasteiger partial charge >= 0.3 is 0 Å². The van der Waals surface area contributed by atoms with Crippen LogP contribution in [0.3, 0.4) is 0 Å². The Morgan fingerprint density at radius 1 is 1.17 bits per heavy atom. The Balaban J connectivity index is 1.63. The first-order chi connectivity index (χ1) is 11.1. The smallest absolute Gasteiger partial charge is 0.228 e. The van der Waals surface area contributed by atoms with Gasteiger partial charge in [-0.25, -0.2) is 0 Å². The summed E-state index contributed by atoms with van der Waals surface area (Å²) >= 11 is 0. The van der Waals surface area contributed by atoms with Crippen molar-refractivity contribution >= 4 is 17.5 Å². The molecule has 1 unspecified atom stereocenters. The number of hydrogen-bond acceptors (Lipinski definition) is 3. The Morgan fingerprint density at radius 3 is 2.43 bits per heavy atom. The van der Waals surface area contributed by atoms with E-state index in [2.05, 4.69) is 5.32 Å². The molecule has 2 fully saturated rings. The van der Waals surface area contributed by atoms with Gasteiger partial charge in [-0.3, -0.25) is 9.59 Å². The molecular weight excluding hydrogens is 290 g/mol. The summed E-state index contributed by atoms with van der Waals surface area (Å²) in [6, 6.07) is 8.42. The Morgan fingerprint density at radius 2 is 1.83 bits per heavy atom. The zero-order valence-corrected chi connectivity index (χ0v) is 13.9. The van der Waals surface area contributed by atoms with Crippen LogP contribution in [0.2, 0.25) is 0 Å². The fourth-order valence-corrected chi connectivity index (χ4v) is 3.49. The van der Waals surface area contributed by atoms with Crippen LogP contribution < -0.4 is 10.2 Å². The standard InChI is InChI=1S/C18H25N3O2/c1-13-3-5-16(6-4-13)21-12-14(11-17(21)22)18(23)20-9-7-15(19-2)8-10-20/h3-6,14-15,19H,7-12H2,1-2H3. The van der Waals surface area contributed by atoms with Crippen LogP contribution in [-0.4, -0.2) is 49.4 Å². The van der Waals surface area contributed by atoms with E-state index in [1.54, 1.807) is 4.90 Å². The summed E-state index contributed by atoms with van der Waals surface area (Å²) in [6.07, 6.45) is 2.31. The number of rotatable bonds is 3. The van der Waals surface area contributed by atoms with E-state index >= 15 is 0 Å². The minimum Gasteiger partial charge on any atom is -0.342 e. The molecule has 0 radical (unpaired) electrons. The second-order valence-corrected chi connectivity index (χ2v) is 6.63. The number of nitrogens with zero attached hydrogens (tertiary/aromatic N) is 2. The molecule has 2 saturated heterocycles. The average molecular weight is 315 g/mol. The number of nitrogens with one attached hydrogen (secondary N) is 1. The van der Waals surface area contributed by atoms with Gasteiger partial charge in [0, 0.05) is 37.8 Å². The van der Waals surface area contributed by atoms with Crippen LogP contribution in [0.5, 0.6) is 0 Å². The molecule has 5 heteroatoms. The van der Waals surface area contributed by atoms with Gasteiger partial charge in [-0.2, -0.15) is 0 Å². The first-order valence-electron chi connectivity index (χ1n) is 8.41. The third-order valence-corrected chi connectivity index (χ3v) is 5.03. The number of carbonyl (C=O) groups excluding carboxylic acids is 2. The van der Waals surface area contributed by atoms with Gasteiger partial charge in [-0.15, -0.1) is 0 Å². The van der Waals surface area contributed by atoms with Crippen molar-refractivity contribution in [3.63, 3.8) is 0 Å². The fraction of sp³-hybridized carbons (Fsp3) is 0.556. The van der Waals surface area contributed by atoms with Crippen molar-refractivity contribution in [1.29, 1.82) is 0 Å². The molecule has 3 rings (SSSR count). The van der Waals surface area contributed by atoms with Crippen molar-refractivity contribution in [2.24, 2.45) is 5.92 Å².